The van der Waals surface area contributed by atoms with Crippen LogP contribution in [0.1, 0.15) is 71.6 Å². The Hall–Kier alpha value is -3.53. The fourth-order valence-electron chi connectivity index (χ4n) is 6.35. The second kappa shape index (κ2) is 10.5. The quantitative estimate of drug-likeness (QED) is 0.313. The first kappa shape index (κ1) is 26.7. The van der Waals surface area contributed by atoms with Crippen molar-refractivity contribution < 1.29 is 32.2 Å². The lowest BCUT2D eigenvalue weighted by molar-refractivity contribution is -0.274. The van der Waals surface area contributed by atoms with Crippen LogP contribution >= 0.6 is 0 Å². The number of benzene rings is 1. The van der Waals surface area contributed by atoms with E-state index in [1.165, 1.54) is 19.2 Å². The Morgan fingerprint density at radius 2 is 1.82 bits per heavy atom. The molecule has 2 unspecified atom stereocenters. The van der Waals surface area contributed by atoms with Gasteiger partial charge < -0.3 is 24.1 Å². The highest BCUT2D eigenvalue weighted by Crippen LogP contribution is 2.46. The van der Waals surface area contributed by atoms with Crippen LogP contribution in [0.2, 0.25) is 0 Å². The summed E-state index contributed by atoms with van der Waals surface area (Å²) in [6.45, 7) is 2.21. The highest BCUT2D eigenvalue weighted by molar-refractivity contribution is 5.90. The molecule has 1 N–H and O–H groups in total. The number of carbonyl (C=O) groups excluding carboxylic acids is 1. The largest absolute Gasteiger partial charge is 0.573 e. The zero-order chi connectivity index (χ0) is 28.0. The number of pyridine rings is 1. The number of piperidine rings is 1. The minimum absolute atomic E-state index is 0.0284. The Balaban J connectivity index is 1.19. The molecule has 0 radical (unpaired) electrons. The Bertz CT molecular complexity index is 1390. The fourth-order valence-corrected chi connectivity index (χ4v) is 6.35. The summed E-state index contributed by atoms with van der Waals surface area (Å²) in [5, 5.41) is 0. The van der Waals surface area contributed by atoms with Gasteiger partial charge in [0.15, 0.2) is 0 Å². The van der Waals surface area contributed by atoms with Crippen LogP contribution in [-0.2, 0) is 16.1 Å². The van der Waals surface area contributed by atoms with Crippen LogP contribution in [0.4, 0.5) is 19.0 Å². The van der Waals surface area contributed by atoms with Gasteiger partial charge in [-0.25, -0.2) is 9.78 Å². The van der Waals surface area contributed by atoms with E-state index >= 15 is 0 Å². The number of aryl methyl sites for hydroxylation is 1. The van der Waals surface area contributed by atoms with Crippen molar-refractivity contribution in [2.45, 2.75) is 82.5 Å². The summed E-state index contributed by atoms with van der Waals surface area (Å²) in [6.07, 6.45) is 4.47. The van der Waals surface area contributed by atoms with Crippen LogP contribution in [-0.4, -0.2) is 47.6 Å². The summed E-state index contributed by atoms with van der Waals surface area (Å²) in [6, 6.07) is 8.75. The third-order valence-corrected chi connectivity index (χ3v) is 8.33. The molecule has 3 fully saturated rings. The number of alkyl halides is 3. The van der Waals surface area contributed by atoms with Gasteiger partial charge in [0.05, 0.1) is 25.4 Å². The Morgan fingerprint density at radius 1 is 1.10 bits per heavy atom. The van der Waals surface area contributed by atoms with Crippen molar-refractivity contribution in [3.05, 3.63) is 65.1 Å². The average molecular weight is 556 g/mol. The summed E-state index contributed by atoms with van der Waals surface area (Å²) < 4.78 is 55.1. The lowest BCUT2D eigenvalue weighted by Crippen LogP contribution is -2.46. The van der Waals surface area contributed by atoms with Crippen molar-refractivity contribution >= 4 is 11.8 Å². The van der Waals surface area contributed by atoms with Gasteiger partial charge in [-0.3, -0.25) is 0 Å². The molecule has 10 heteroatoms. The minimum atomic E-state index is -4.78. The van der Waals surface area contributed by atoms with Gasteiger partial charge in [0.1, 0.15) is 11.6 Å². The lowest BCUT2D eigenvalue weighted by Gasteiger charge is -2.40. The van der Waals surface area contributed by atoms with Crippen molar-refractivity contribution in [1.29, 1.82) is 0 Å². The molecule has 2 saturated heterocycles. The summed E-state index contributed by atoms with van der Waals surface area (Å²) >= 11 is 0. The molecule has 1 saturated carbocycles. The topological polar surface area (TPSA) is 76.7 Å². The normalized spacial score (nSPS) is 22.4. The number of ether oxygens (including phenoxy) is 3. The average Bonchev–Trinajstić information content (AvgIpc) is 3.62. The number of rotatable bonds is 8. The predicted octanol–water partition coefficient (Wildman–Crippen LogP) is 6.66. The molecule has 1 aliphatic carbocycles. The Kier molecular flexibility index (Phi) is 6.98. The number of hydrogen-bond donors (Lipinski definition) is 1. The van der Waals surface area contributed by atoms with E-state index in [4.69, 9.17) is 9.47 Å². The van der Waals surface area contributed by atoms with E-state index < -0.39 is 12.3 Å². The monoisotopic (exact) mass is 555 g/mol. The Labute approximate surface area is 230 Å². The number of esters is 1. The number of aromatic amines is 1. The zero-order valence-electron chi connectivity index (χ0n) is 22.5. The van der Waals surface area contributed by atoms with Gasteiger partial charge >= 0.3 is 12.3 Å². The third kappa shape index (κ3) is 5.29. The smallest absolute Gasteiger partial charge is 0.465 e. The molecule has 7 nitrogen and oxygen atoms in total. The molecule has 40 heavy (non-hydrogen) atoms. The number of aromatic nitrogens is 2. The van der Waals surface area contributed by atoms with E-state index in [0.717, 1.165) is 61.2 Å². The second-order valence-electron chi connectivity index (χ2n) is 11.0. The molecular weight excluding hydrogens is 523 g/mol. The number of anilines is 1. The van der Waals surface area contributed by atoms with E-state index in [2.05, 4.69) is 19.6 Å². The number of nitrogens with zero attached hydrogens (tertiary/aromatic N) is 2. The second-order valence-corrected chi connectivity index (χ2v) is 11.0. The molecule has 0 amide bonds. The van der Waals surface area contributed by atoms with Gasteiger partial charge in [-0.2, -0.15) is 0 Å². The molecule has 3 aromatic rings. The molecule has 6 rings (SSSR count). The van der Waals surface area contributed by atoms with Crippen LogP contribution in [0.25, 0.3) is 11.1 Å². The fraction of sp³-hybridized carbons (Fsp3) is 0.467. The first-order valence-electron chi connectivity index (χ1n) is 13.7. The number of carbonyl (C=O) groups is 1. The summed E-state index contributed by atoms with van der Waals surface area (Å²) in [5.74, 6) is 0.628. The molecule has 0 spiro atoms. The maximum atomic E-state index is 13.1. The van der Waals surface area contributed by atoms with Crippen LogP contribution in [0.15, 0.2) is 42.7 Å². The van der Waals surface area contributed by atoms with E-state index in [9.17, 15) is 18.0 Å². The van der Waals surface area contributed by atoms with E-state index in [1.54, 1.807) is 24.5 Å². The van der Waals surface area contributed by atoms with Gasteiger partial charge in [0, 0.05) is 46.9 Å². The molecule has 2 aliphatic heterocycles. The Morgan fingerprint density at radius 3 is 2.48 bits per heavy atom. The van der Waals surface area contributed by atoms with Crippen molar-refractivity contribution in [3.63, 3.8) is 0 Å². The van der Waals surface area contributed by atoms with Crippen LogP contribution < -0.4 is 9.64 Å². The standard InChI is InChI=1S/C30H32F3N3O4/c1-17-11-27(34-14-23(17)29(37)38-2)36-19-9-10-20(36)13-21(12-19)39-16-25-24(15-35-28(25)18-7-8-18)22-5-3-4-6-26(22)40-30(31,32)33/h3-6,11,14-15,18-21,35H,7-10,12-13,16H2,1-2H3. The predicted molar refractivity (Wildman–Crippen MR) is 142 cm³/mol. The van der Waals surface area contributed by atoms with Crippen molar-refractivity contribution in [2.75, 3.05) is 12.0 Å². The van der Waals surface area contributed by atoms with Crippen LogP contribution in [0, 0.1) is 6.92 Å². The number of methoxy groups -OCH3 is 1. The maximum absolute atomic E-state index is 13.1. The molecule has 4 heterocycles. The van der Waals surface area contributed by atoms with Crippen molar-refractivity contribution in [2.24, 2.45) is 0 Å². The molecular formula is C30H32F3N3O4. The summed E-state index contributed by atoms with van der Waals surface area (Å²) in [7, 11) is 1.36. The highest BCUT2D eigenvalue weighted by atomic mass is 19.4. The summed E-state index contributed by atoms with van der Waals surface area (Å²) in [4.78, 5) is 22.3. The van der Waals surface area contributed by atoms with Gasteiger partial charge in [0.2, 0.25) is 0 Å². The molecule has 212 valence electrons. The molecule has 2 atom stereocenters. The zero-order valence-corrected chi connectivity index (χ0v) is 22.5. The number of halogens is 3. The maximum Gasteiger partial charge on any atom is 0.573 e. The van der Waals surface area contributed by atoms with E-state index in [1.807, 2.05) is 13.0 Å². The third-order valence-electron chi connectivity index (χ3n) is 8.33. The minimum Gasteiger partial charge on any atom is -0.465 e. The highest BCUT2D eigenvalue weighted by Gasteiger charge is 2.42. The van der Waals surface area contributed by atoms with E-state index in [-0.39, 0.29) is 23.9 Å². The first-order valence-corrected chi connectivity index (χ1v) is 13.7. The molecule has 3 aliphatic rings. The molecule has 2 bridgehead atoms. The van der Waals surface area contributed by atoms with Crippen molar-refractivity contribution in [1.82, 2.24) is 9.97 Å². The van der Waals surface area contributed by atoms with Gasteiger partial charge in [0.25, 0.3) is 0 Å². The molecule has 2 aromatic heterocycles. The lowest BCUT2D eigenvalue weighted by atomic mass is 9.98. The summed E-state index contributed by atoms with van der Waals surface area (Å²) in [5.41, 5.74) is 4.33. The van der Waals surface area contributed by atoms with Gasteiger partial charge in [-0.05, 0) is 69.1 Å². The van der Waals surface area contributed by atoms with Crippen LogP contribution in [0.5, 0.6) is 5.75 Å². The number of hydrogen-bond acceptors (Lipinski definition) is 6. The number of H-pyrrole nitrogens is 1. The number of para-hydroxylation sites is 1. The van der Waals surface area contributed by atoms with Gasteiger partial charge in [-0.1, -0.05) is 18.2 Å². The van der Waals surface area contributed by atoms with Crippen LogP contribution in [0.3, 0.4) is 0 Å². The number of nitrogens with one attached hydrogen (secondary N) is 1. The van der Waals surface area contributed by atoms with Gasteiger partial charge in [-0.15, -0.1) is 13.2 Å². The first-order chi connectivity index (χ1) is 19.2. The number of fused-ring (bicyclic) bond motifs is 2. The van der Waals surface area contributed by atoms with Crippen molar-refractivity contribution in [3.8, 4) is 16.9 Å². The SMILES string of the molecule is COC(=O)c1cnc(N2C3CCC2CC(OCc2c(-c4ccccc4OC(F)(F)F)c[nH]c2C2CC2)C3)cc1C. The molecule has 1 aromatic carbocycles. The van der Waals surface area contributed by atoms with E-state index in [0.29, 0.717) is 29.2 Å².